The first-order valence-electron chi connectivity index (χ1n) is 19.5. The number of hydroxylamine groups is 1. The van der Waals surface area contributed by atoms with Gasteiger partial charge in [-0.2, -0.15) is 0 Å². The van der Waals surface area contributed by atoms with Gasteiger partial charge < -0.3 is 24.8 Å². The van der Waals surface area contributed by atoms with Crippen LogP contribution < -0.4 is 10.8 Å². The molecule has 2 aromatic rings. The molecule has 0 spiro atoms. The maximum atomic E-state index is 12.3. The van der Waals surface area contributed by atoms with Crippen molar-refractivity contribution < 1.29 is 29.4 Å². The highest BCUT2D eigenvalue weighted by molar-refractivity contribution is 5.76. The predicted molar refractivity (Wildman–Crippen MR) is 198 cm³/mol. The molecule has 1 saturated heterocycles. The van der Waals surface area contributed by atoms with Gasteiger partial charge in [0.15, 0.2) is 6.29 Å². The van der Waals surface area contributed by atoms with Crippen LogP contribution >= 0.6 is 0 Å². The molecule has 0 aliphatic carbocycles. The number of aliphatic hydroxyl groups excluding tert-OH is 1. The number of benzene rings is 2. The Labute approximate surface area is 301 Å². The predicted octanol–water partition coefficient (Wildman–Crippen LogP) is 8.43. The number of nitrogens with one attached hydrogen (secondary N) is 2. The SMILES string of the molecule is CCCCCCCCN(CCCCCCCC)C[C@@H]1C[C@H](c2ccc(CO)cc2)O[C@H](c2ccc(CNC(=O)CCCCC(=O)NO)cc2)O1. The molecule has 3 rings (SSSR count). The van der Waals surface area contributed by atoms with Gasteiger partial charge in [-0.1, -0.05) is 127 Å². The summed E-state index contributed by atoms with van der Waals surface area (Å²) in [7, 11) is 0. The minimum Gasteiger partial charge on any atom is -0.392 e. The maximum Gasteiger partial charge on any atom is 0.243 e. The quantitative estimate of drug-likeness (QED) is 0.0443. The summed E-state index contributed by atoms with van der Waals surface area (Å²) in [5.74, 6) is -0.505. The largest absolute Gasteiger partial charge is 0.392 e. The van der Waals surface area contributed by atoms with Gasteiger partial charge in [-0.25, -0.2) is 5.48 Å². The first kappa shape index (κ1) is 41.6. The summed E-state index contributed by atoms with van der Waals surface area (Å²) in [6.45, 7) is 8.04. The van der Waals surface area contributed by atoms with E-state index in [-0.39, 0.29) is 31.1 Å². The van der Waals surface area contributed by atoms with E-state index in [0.717, 1.165) is 48.3 Å². The van der Waals surface area contributed by atoms with Crippen molar-refractivity contribution in [3.8, 4) is 0 Å². The Kier molecular flexibility index (Phi) is 21.0. The number of carbonyl (C=O) groups is 2. The Balaban J connectivity index is 1.64. The summed E-state index contributed by atoms with van der Waals surface area (Å²) in [5, 5.41) is 21.1. The number of nitrogens with zero attached hydrogens (tertiary/aromatic N) is 1. The molecule has 0 unspecified atom stereocenters. The van der Waals surface area contributed by atoms with E-state index in [9.17, 15) is 14.7 Å². The summed E-state index contributed by atoms with van der Waals surface area (Å²) >= 11 is 0. The molecule has 280 valence electrons. The number of amides is 2. The summed E-state index contributed by atoms with van der Waals surface area (Å²) in [6.07, 6.45) is 17.3. The van der Waals surface area contributed by atoms with E-state index in [1.807, 2.05) is 36.4 Å². The first-order valence-corrected chi connectivity index (χ1v) is 19.5. The number of hydrogen-bond donors (Lipinski definition) is 4. The molecule has 2 aromatic carbocycles. The number of ether oxygens (including phenoxy) is 2. The second-order valence-electron chi connectivity index (χ2n) is 13.9. The van der Waals surface area contributed by atoms with Crippen LogP contribution in [0.1, 0.15) is 158 Å². The minimum absolute atomic E-state index is 0.0128. The maximum absolute atomic E-state index is 12.3. The van der Waals surface area contributed by atoms with Gasteiger partial charge in [0.1, 0.15) is 0 Å². The average molecular weight is 696 g/mol. The van der Waals surface area contributed by atoms with Crippen molar-refractivity contribution in [2.75, 3.05) is 19.6 Å². The molecule has 50 heavy (non-hydrogen) atoms. The van der Waals surface area contributed by atoms with E-state index < -0.39 is 12.2 Å². The van der Waals surface area contributed by atoms with E-state index in [4.69, 9.17) is 14.7 Å². The van der Waals surface area contributed by atoms with Crippen LogP contribution in [-0.2, 0) is 32.2 Å². The van der Waals surface area contributed by atoms with Crippen molar-refractivity contribution in [1.29, 1.82) is 0 Å². The van der Waals surface area contributed by atoms with E-state index in [1.54, 1.807) is 5.48 Å². The molecule has 0 aromatic heterocycles. The zero-order valence-electron chi connectivity index (χ0n) is 30.9. The van der Waals surface area contributed by atoms with Crippen LogP contribution in [0.2, 0.25) is 0 Å². The molecule has 1 aliphatic heterocycles. The van der Waals surface area contributed by atoms with Gasteiger partial charge in [0.25, 0.3) is 0 Å². The zero-order valence-corrected chi connectivity index (χ0v) is 30.9. The molecule has 9 heteroatoms. The Hall–Kier alpha value is -2.82. The normalized spacial score (nSPS) is 17.6. The summed E-state index contributed by atoms with van der Waals surface area (Å²) in [5.41, 5.74) is 5.52. The Morgan fingerprint density at radius 3 is 1.82 bits per heavy atom. The molecule has 4 N–H and O–H groups in total. The Morgan fingerprint density at radius 2 is 1.24 bits per heavy atom. The van der Waals surface area contributed by atoms with Gasteiger partial charge in [-0.15, -0.1) is 0 Å². The molecular weight excluding hydrogens is 630 g/mol. The first-order chi connectivity index (χ1) is 24.4. The van der Waals surface area contributed by atoms with Crippen molar-refractivity contribution in [3.05, 3.63) is 70.8 Å². The molecule has 0 bridgehead atoms. The third-order valence-electron chi connectivity index (χ3n) is 9.66. The number of hydrogen-bond acceptors (Lipinski definition) is 7. The van der Waals surface area contributed by atoms with Crippen molar-refractivity contribution in [2.24, 2.45) is 0 Å². The molecule has 1 aliphatic rings. The van der Waals surface area contributed by atoms with Crippen LogP contribution in [0.4, 0.5) is 0 Å². The molecule has 9 nitrogen and oxygen atoms in total. The Morgan fingerprint density at radius 1 is 0.700 bits per heavy atom. The zero-order chi connectivity index (χ0) is 35.8. The van der Waals surface area contributed by atoms with Crippen molar-refractivity contribution in [2.45, 2.75) is 155 Å². The van der Waals surface area contributed by atoms with Crippen LogP contribution in [-0.4, -0.2) is 52.8 Å². The lowest BCUT2D eigenvalue weighted by Gasteiger charge is -2.38. The van der Waals surface area contributed by atoms with E-state index in [0.29, 0.717) is 25.8 Å². The van der Waals surface area contributed by atoms with Gasteiger partial charge in [-0.05, 0) is 55.5 Å². The van der Waals surface area contributed by atoms with Crippen molar-refractivity contribution in [3.63, 3.8) is 0 Å². The monoisotopic (exact) mass is 695 g/mol. The van der Waals surface area contributed by atoms with Gasteiger partial charge in [0.05, 0.1) is 18.8 Å². The topological polar surface area (TPSA) is 120 Å². The van der Waals surface area contributed by atoms with Crippen LogP contribution in [0.5, 0.6) is 0 Å². The second kappa shape index (κ2) is 25.2. The fourth-order valence-corrected chi connectivity index (χ4v) is 6.56. The fraction of sp³-hybridized carbons (Fsp3) is 0.659. The second-order valence-corrected chi connectivity index (χ2v) is 13.9. The lowest BCUT2D eigenvalue weighted by atomic mass is 9.99. The third kappa shape index (κ3) is 16.5. The summed E-state index contributed by atoms with van der Waals surface area (Å²) in [6, 6.07) is 16.1. The summed E-state index contributed by atoms with van der Waals surface area (Å²) in [4.78, 5) is 26.1. The van der Waals surface area contributed by atoms with E-state index in [1.165, 1.54) is 77.0 Å². The highest BCUT2D eigenvalue weighted by Crippen LogP contribution is 2.38. The van der Waals surface area contributed by atoms with Crippen LogP contribution in [0.3, 0.4) is 0 Å². The third-order valence-corrected chi connectivity index (χ3v) is 9.66. The van der Waals surface area contributed by atoms with Gasteiger partial charge in [0, 0.05) is 37.9 Å². The van der Waals surface area contributed by atoms with Gasteiger partial charge >= 0.3 is 0 Å². The average Bonchev–Trinajstić information content (AvgIpc) is 3.15. The van der Waals surface area contributed by atoms with Gasteiger partial charge in [-0.3, -0.25) is 14.8 Å². The molecule has 1 fully saturated rings. The van der Waals surface area contributed by atoms with Crippen LogP contribution in [0.15, 0.2) is 48.5 Å². The highest BCUT2D eigenvalue weighted by Gasteiger charge is 2.33. The molecule has 1 heterocycles. The van der Waals surface area contributed by atoms with Crippen LogP contribution in [0, 0.1) is 0 Å². The minimum atomic E-state index is -0.513. The van der Waals surface area contributed by atoms with E-state index >= 15 is 0 Å². The molecular formula is C41H65N3O6. The fourth-order valence-electron chi connectivity index (χ4n) is 6.56. The number of unbranched alkanes of at least 4 members (excludes halogenated alkanes) is 11. The number of carbonyl (C=O) groups excluding carboxylic acids is 2. The molecule has 0 saturated carbocycles. The van der Waals surface area contributed by atoms with Crippen LogP contribution in [0.25, 0.3) is 0 Å². The Bertz CT molecular complexity index is 1180. The number of rotatable bonds is 26. The highest BCUT2D eigenvalue weighted by atomic mass is 16.7. The smallest absolute Gasteiger partial charge is 0.243 e. The lowest BCUT2D eigenvalue weighted by molar-refractivity contribution is -0.253. The van der Waals surface area contributed by atoms with Gasteiger partial charge in [0.2, 0.25) is 11.8 Å². The van der Waals surface area contributed by atoms with E-state index in [2.05, 4.69) is 36.2 Å². The standard InChI is InChI=1S/C41H65N3O6/c1-3-5-7-9-11-15-27-44(28-16-12-10-8-6-4-2)31-37-29-38(35-23-21-34(32-45)22-24-35)50-41(49-37)36-25-19-33(20-26-36)30-42-39(46)17-13-14-18-40(47)43-48/h19-26,37-38,41,45,48H,3-18,27-32H2,1-2H3,(H,42,46)(H,43,47)/t37-,38+,41+/m0/s1. The molecule has 0 radical (unpaired) electrons. The molecule has 3 atom stereocenters. The summed E-state index contributed by atoms with van der Waals surface area (Å²) < 4.78 is 13.3. The van der Waals surface area contributed by atoms with Crippen molar-refractivity contribution >= 4 is 11.8 Å². The molecule has 2 amide bonds. The lowest BCUT2D eigenvalue weighted by Crippen LogP contribution is -2.40. The van der Waals surface area contributed by atoms with Crippen molar-refractivity contribution in [1.82, 2.24) is 15.7 Å². The number of aliphatic hydroxyl groups is 1.